The Morgan fingerprint density at radius 3 is 2.51 bits per heavy atom. The molecule has 4 rings (SSSR count). The number of nitrogens with two attached hydrogens (primary N) is 1. The topological polar surface area (TPSA) is 118 Å². The Hall–Kier alpha value is -3.68. The first-order valence-electron chi connectivity index (χ1n) is 10.5. The van der Waals surface area contributed by atoms with E-state index in [4.69, 9.17) is 5.73 Å². The van der Waals surface area contributed by atoms with Crippen LogP contribution in [0.15, 0.2) is 59.1 Å². The fraction of sp³-hybridized carbons (Fsp3) is 0.125. The van der Waals surface area contributed by atoms with E-state index in [9.17, 15) is 31.7 Å². The van der Waals surface area contributed by atoms with Crippen molar-refractivity contribution in [1.29, 1.82) is 0 Å². The Balaban J connectivity index is 1.64. The SMILES string of the molecule is C[SH](C)(O)=NC(=O)c1cnc(N)c(-c2cc3cc(NC(=O)c4cc(C(F)(F)F)ccc4F)ccc3s2)c1. The minimum atomic E-state index is -4.72. The van der Waals surface area contributed by atoms with E-state index in [0.717, 1.165) is 4.70 Å². The van der Waals surface area contributed by atoms with E-state index in [1.807, 2.05) is 0 Å². The van der Waals surface area contributed by atoms with Gasteiger partial charge in [-0.3, -0.25) is 9.59 Å². The van der Waals surface area contributed by atoms with Crippen LogP contribution in [0.4, 0.5) is 29.1 Å². The molecule has 0 unspecified atom stereocenters. The van der Waals surface area contributed by atoms with Gasteiger partial charge in [-0.15, -0.1) is 21.4 Å². The number of alkyl halides is 3. The van der Waals surface area contributed by atoms with Crippen molar-refractivity contribution in [2.75, 3.05) is 23.6 Å². The van der Waals surface area contributed by atoms with Gasteiger partial charge in [0.05, 0.1) is 16.7 Å². The number of thiol groups is 1. The van der Waals surface area contributed by atoms with Crippen LogP contribution in [0.1, 0.15) is 26.3 Å². The highest BCUT2D eigenvalue weighted by Crippen LogP contribution is 2.37. The molecular weight excluding hydrogens is 532 g/mol. The number of carbonyl (C=O) groups excluding carboxylic acids is 2. The summed E-state index contributed by atoms with van der Waals surface area (Å²) in [6.07, 6.45) is -0.508. The quantitative estimate of drug-likeness (QED) is 0.186. The van der Waals surface area contributed by atoms with E-state index >= 15 is 0 Å². The molecule has 4 N–H and O–H groups in total. The summed E-state index contributed by atoms with van der Waals surface area (Å²) in [7, 11) is -2.71. The molecule has 2 amide bonds. The van der Waals surface area contributed by atoms with Crippen LogP contribution >= 0.6 is 11.3 Å². The molecule has 0 bridgehead atoms. The number of nitrogens with zero attached hydrogens (tertiary/aromatic N) is 2. The molecule has 37 heavy (non-hydrogen) atoms. The minimum Gasteiger partial charge on any atom is -0.383 e. The number of hydrogen-bond donors (Lipinski definition) is 4. The van der Waals surface area contributed by atoms with Gasteiger partial charge in [0, 0.05) is 27.0 Å². The Morgan fingerprint density at radius 2 is 1.84 bits per heavy atom. The van der Waals surface area contributed by atoms with E-state index in [0.29, 0.717) is 34.0 Å². The Kier molecular flexibility index (Phi) is 6.88. The average Bonchev–Trinajstić information content (AvgIpc) is 3.20. The van der Waals surface area contributed by atoms with E-state index < -0.39 is 45.0 Å². The number of anilines is 2. The maximum Gasteiger partial charge on any atom is 0.416 e. The molecule has 2 aromatic heterocycles. The van der Waals surface area contributed by atoms with Gasteiger partial charge in [0.2, 0.25) is 0 Å². The van der Waals surface area contributed by atoms with Crippen molar-refractivity contribution in [2.45, 2.75) is 6.18 Å². The van der Waals surface area contributed by atoms with E-state index in [-0.39, 0.29) is 17.1 Å². The van der Waals surface area contributed by atoms with Crippen LogP contribution in [0.3, 0.4) is 0 Å². The predicted molar refractivity (Wildman–Crippen MR) is 139 cm³/mol. The number of amides is 2. The minimum absolute atomic E-state index is 0.153. The molecule has 0 aliphatic carbocycles. The normalized spacial score (nSPS) is 12.4. The Labute approximate surface area is 213 Å². The third-order valence-electron chi connectivity index (χ3n) is 5.08. The van der Waals surface area contributed by atoms with Gasteiger partial charge in [0.25, 0.3) is 11.8 Å². The molecule has 0 aliphatic rings. The molecular formula is C24H20F4N4O3S2. The smallest absolute Gasteiger partial charge is 0.383 e. The van der Waals surface area contributed by atoms with Crippen molar-refractivity contribution in [3.05, 3.63) is 77.2 Å². The summed E-state index contributed by atoms with van der Waals surface area (Å²) in [5.74, 6) is -2.58. The highest BCUT2D eigenvalue weighted by atomic mass is 32.3. The predicted octanol–water partition coefficient (Wildman–Crippen LogP) is 5.90. The number of carbonyl (C=O) groups is 2. The lowest BCUT2D eigenvalue weighted by Crippen LogP contribution is -2.15. The van der Waals surface area contributed by atoms with Crippen LogP contribution in [-0.2, 0) is 16.3 Å². The third kappa shape index (κ3) is 6.01. The Bertz CT molecular complexity index is 1600. The largest absolute Gasteiger partial charge is 0.416 e. The van der Waals surface area contributed by atoms with Gasteiger partial charge in [-0.1, -0.05) is 0 Å². The van der Waals surface area contributed by atoms with Crippen LogP contribution in [0.5, 0.6) is 0 Å². The Morgan fingerprint density at radius 1 is 1.11 bits per heavy atom. The first-order valence-corrected chi connectivity index (χ1v) is 13.9. The number of halogens is 4. The van der Waals surface area contributed by atoms with Crippen molar-refractivity contribution in [3.8, 4) is 10.4 Å². The first kappa shape index (κ1) is 26.4. The highest BCUT2D eigenvalue weighted by Gasteiger charge is 2.32. The van der Waals surface area contributed by atoms with Crippen molar-refractivity contribution < 1.29 is 31.7 Å². The monoisotopic (exact) mass is 552 g/mol. The second-order valence-corrected chi connectivity index (χ2v) is 12.4. The number of fused-ring (bicyclic) bond motifs is 1. The summed E-state index contributed by atoms with van der Waals surface area (Å²) in [5.41, 5.74) is 5.01. The van der Waals surface area contributed by atoms with Crippen molar-refractivity contribution in [3.63, 3.8) is 0 Å². The van der Waals surface area contributed by atoms with Crippen LogP contribution in [0.25, 0.3) is 20.5 Å². The second kappa shape index (κ2) is 9.65. The van der Waals surface area contributed by atoms with Gasteiger partial charge < -0.3 is 15.6 Å². The molecule has 0 atom stereocenters. The molecule has 0 radical (unpaired) electrons. The molecule has 7 nitrogen and oxygen atoms in total. The van der Waals surface area contributed by atoms with Crippen LogP contribution in [0.2, 0.25) is 0 Å². The molecule has 0 saturated carbocycles. The fourth-order valence-corrected chi connectivity index (χ4v) is 5.03. The summed E-state index contributed by atoms with van der Waals surface area (Å²) in [5, 5.41) is 3.08. The molecule has 13 heteroatoms. The molecule has 2 heterocycles. The maximum absolute atomic E-state index is 14.1. The summed E-state index contributed by atoms with van der Waals surface area (Å²) in [6.45, 7) is 0. The van der Waals surface area contributed by atoms with Crippen LogP contribution < -0.4 is 11.1 Å². The number of hydrogen-bond acceptors (Lipinski definition) is 5. The molecule has 194 valence electrons. The summed E-state index contributed by atoms with van der Waals surface area (Å²) >= 11 is 1.33. The third-order valence-corrected chi connectivity index (χ3v) is 6.90. The van der Waals surface area contributed by atoms with E-state index in [2.05, 4.69) is 14.7 Å². The molecule has 0 aliphatic heterocycles. The molecule has 4 aromatic rings. The summed E-state index contributed by atoms with van der Waals surface area (Å²) in [6, 6.07) is 9.66. The number of nitrogen functional groups attached to an aromatic ring is 1. The maximum atomic E-state index is 14.1. The summed E-state index contributed by atoms with van der Waals surface area (Å²) < 4.78 is 67.5. The zero-order valence-electron chi connectivity index (χ0n) is 19.3. The van der Waals surface area contributed by atoms with Crippen molar-refractivity contribution >= 4 is 54.8 Å². The van der Waals surface area contributed by atoms with E-state index in [1.165, 1.54) is 42.2 Å². The zero-order valence-corrected chi connectivity index (χ0v) is 21.0. The molecule has 0 saturated heterocycles. The number of aromatic nitrogens is 1. The number of pyridine rings is 1. The first-order chi connectivity index (χ1) is 17.2. The van der Waals surface area contributed by atoms with Crippen molar-refractivity contribution in [1.82, 2.24) is 4.98 Å². The van der Waals surface area contributed by atoms with Crippen LogP contribution in [-0.4, -0.2) is 33.9 Å². The van der Waals surface area contributed by atoms with Gasteiger partial charge in [0.15, 0.2) is 0 Å². The van der Waals surface area contributed by atoms with Gasteiger partial charge in [-0.05, 0) is 66.4 Å². The van der Waals surface area contributed by atoms with Gasteiger partial charge in [-0.2, -0.15) is 17.5 Å². The summed E-state index contributed by atoms with van der Waals surface area (Å²) in [4.78, 5) is 29.6. The lowest BCUT2D eigenvalue weighted by molar-refractivity contribution is -0.137. The number of benzene rings is 2. The number of rotatable bonds is 4. The lowest BCUT2D eigenvalue weighted by Gasteiger charge is -2.10. The molecule has 2 aromatic carbocycles. The standard InChI is InChI=1S/C24H20F4N4O3S2/c1-37(2,35)32-22(33)13-8-17(21(29)30-11-13)20-9-12-7-15(4-6-19(12)36-20)31-23(34)16-10-14(24(26,27)28)3-5-18(16)25/h3-11,37H,1-2H3,(H2,29,30)(H,31,34)(H,32,33,35). The zero-order chi connectivity index (χ0) is 27.1. The van der Waals surface area contributed by atoms with Gasteiger partial charge in [0.1, 0.15) is 11.6 Å². The second-order valence-electron chi connectivity index (χ2n) is 8.41. The van der Waals surface area contributed by atoms with Gasteiger partial charge >= 0.3 is 6.18 Å². The lowest BCUT2D eigenvalue weighted by atomic mass is 10.1. The number of thiophene rings is 1. The highest BCUT2D eigenvalue weighted by molar-refractivity contribution is 7.98. The fourth-order valence-electron chi connectivity index (χ4n) is 3.40. The molecule has 0 spiro atoms. The van der Waals surface area contributed by atoms with Gasteiger partial charge in [-0.25, -0.2) is 9.37 Å². The van der Waals surface area contributed by atoms with Crippen molar-refractivity contribution in [2.24, 2.45) is 4.36 Å². The average molecular weight is 553 g/mol. The van der Waals surface area contributed by atoms with E-state index in [1.54, 1.807) is 18.2 Å². The number of nitrogens with one attached hydrogen (secondary N) is 1. The molecule has 0 fully saturated rings. The van der Waals surface area contributed by atoms with Crippen LogP contribution in [0, 0.1) is 5.82 Å².